The molecule has 4 rings (SSSR count). The molecule has 0 aliphatic carbocycles. The van der Waals surface area contributed by atoms with Gasteiger partial charge < -0.3 is 5.32 Å². The van der Waals surface area contributed by atoms with Crippen LogP contribution in [0.4, 0.5) is 11.5 Å². The number of fused-ring (bicyclic) bond motifs is 1. The van der Waals surface area contributed by atoms with Crippen LogP contribution in [0.25, 0.3) is 5.69 Å². The van der Waals surface area contributed by atoms with Gasteiger partial charge in [0.25, 0.3) is 11.6 Å². The molecule has 0 fully saturated rings. The molecule has 0 radical (unpaired) electrons. The first-order chi connectivity index (χ1) is 13.4. The molecular weight excluding hydrogens is 380 g/mol. The van der Waals surface area contributed by atoms with Crippen molar-refractivity contribution < 1.29 is 13.9 Å². The maximum absolute atomic E-state index is 12.8. The molecule has 1 N–H and O–H groups in total. The van der Waals surface area contributed by atoms with Crippen LogP contribution in [0.15, 0.2) is 48.5 Å². The Kier molecular flexibility index (Phi) is 4.52. The van der Waals surface area contributed by atoms with Crippen molar-refractivity contribution in [1.82, 2.24) is 9.78 Å². The van der Waals surface area contributed by atoms with E-state index in [0.29, 0.717) is 23.0 Å². The molecule has 2 aromatic carbocycles. The van der Waals surface area contributed by atoms with Crippen LogP contribution >= 0.6 is 0 Å². The quantitative estimate of drug-likeness (QED) is 0.539. The van der Waals surface area contributed by atoms with E-state index in [2.05, 4.69) is 10.4 Å². The molecule has 0 saturated carbocycles. The highest BCUT2D eigenvalue weighted by molar-refractivity contribution is 7.83. The molecule has 2 heterocycles. The Morgan fingerprint density at radius 1 is 1.21 bits per heavy atom. The van der Waals surface area contributed by atoms with E-state index in [1.165, 1.54) is 24.3 Å². The summed E-state index contributed by atoms with van der Waals surface area (Å²) in [4.78, 5) is 23.2. The maximum Gasteiger partial charge on any atom is 0.270 e. The van der Waals surface area contributed by atoms with Crippen molar-refractivity contribution in [3.63, 3.8) is 0 Å². The molecule has 1 aliphatic rings. The van der Waals surface area contributed by atoms with E-state index in [0.717, 1.165) is 16.8 Å². The number of benzene rings is 2. The summed E-state index contributed by atoms with van der Waals surface area (Å²) < 4.78 is 13.6. The summed E-state index contributed by atoms with van der Waals surface area (Å²) in [6, 6.07) is 13.2. The summed E-state index contributed by atoms with van der Waals surface area (Å²) in [6.45, 7) is 1.97. The van der Waals surface area contributed by atoms with Gasteiger partial charge in [-0.3, -0.25) is 19.1 Å². The van der Waals surface area contributed by atoms with Gasteiger partial charge in [-0.2, -0.15) is 5.10 Å². The van der Waals surface area contributed by atoms with Crippen molar-refractivity contribution in [2.75, 3.05) is 5.32 Å². The first-order valence-corrected chi connectivity index (χ1v) is 10.00. The van der Waals surface area contributed by atoms with Crippen LogP contribution in [0.5, 0.6) is 0 Å². The van der Waals surface area contributed by atoms with Crippen LogP contribution in [-0.4, -0.2) is 24.8 Å². The zero-order valence-corrected chi connectivity index (χ0v) is 15.7. The second-order valence-corrected chi connectivity index (χ2v) is 7.97. The van der Waals surface area contributed by atoms with Gasteiger partial charge in [-0.15, -0.1) is 0 Å². The molecule has 1 aromatic heterocycles. The normalized spacial score (nSPS) is 15.2. The topological polar surface area (TPSA) is 107 Å². The number of carbonyl (C=O) groups is 1. The Bertz CT molecular complexity index is 1120. The van der Waals surface area contributed by atoms with Crippen LogP contribution < -0.4 is 5.32 Å². The maximum atomic E-state index is 12.8. The largest absolute Gasteiger partial charge is 0.306 e. The third kappa shape index (κ3) is 3.31. The van der Waals surface area contributed by atoms with E-state index < -0.39 is 21.6 Å². The minimum Gasteiger partial charge on any atom is -0.306 e. The number of aromatic nitrogens is 2. The molecule has 1 amide bonds. The average Bonchev–Trinajstić information content (AvgIpc) is 3.19. The fourth-order valence-electron chi connectivity index (χ4n) is 3.07. The lowest BCUT2D eigenvalue weighted by Gasteiger charge is -2.11. The number of aryl methyl sites for hydroxylation is 1. The lowest BCUT2D eigenvalue weighted by Crippen LogP contribution is -2.16. The van der Waals surface area contributed by atoms with Gasteiger partial charge in [0, 0.05) is 34.1 Å². The Morgan fingerprint density at radius 3 is 2.68 bits per heavy atom. The molecule has 0 spiro atoms. The predicted octanol–water partition coefficient (Wildman–Crippen LogP) is 3.10. The zero-order chi connectivity index (χ0) is 19.8. The number of non-ortho nitro benzene ring substituents is 1. The smallest absolute Gasteiger partial charge is 0.270 e. The standard InChI is InChI=1S/C19H16N4O4S/c1-12-5-7-14(8-6-12)22-18(16-10-28(27)11-17(16)21-22)20-19(24)13-3-2-4-15(9-13)23(25)26/h2-9H,10-11H2,1H3,(H,20,24)/t28-/m1/s1. The summed E-state index contributed by atoms with van der Waals surface area (Å²) in [7, 11) is -1.05. The molecule has 0 saturated heterocycles. The van der Waals surface area contributed by atoms with Gasteiger partial charge in [0.1, 0.15) is 5.82 Å². The van der Waals surface area contributed by atoms with Crippen LogP contribution in [0.3, 0.4) is 0 Å². The highest BCUT2D eigenvalue weighted by Crippen LogP contribution is 2.31. The third-order valence-electron chi connectivity index (χ3n) is 4.50. The number of nitrogens with zero attached hydrogens (tertiary/aromatic N) is 3. The summed E-state index contributed by atoms with van der Waals surface area (Å²) in [5.41, 5.74) is 3.28. The number of hydrogen-bond donors (Lipinski definition) is 1. The van der Waals surface area contributed by atoms with E-state index >= 15 is 0 Å². The Morgan fingerprint density at radius 2 is 1.96 bits per heavy atom. The number of anilines is 1. The fourth-order valence-corrected chi connectivity index (χ4v) is 4.33. The van der Waals surface area contributed by atoms with Crippen LogP contribution in [0.2, 0.25) is 0 Å². The summed E-state index contributed by atoms with van der Waals surface area (Å²) >= 11 is 0. The third-order valence-corrected chi connectivity index (χ3v) is 5.71. The van der Waals surface area contributed by atoms with Crippen LogP contribution in [-0.2, 0) is 22.3 Å². The van der Waals surface area contributed by atoms with E-state index in [1.54, 1.807) is 4.68 Å². The summed E-state index contributed by atoms with van der Waals surface area (Å²) in [5, 5.41) is 18.3. The summed E-state index contributed by atoms with van der Waals surface area (Å²) in [5.74, 6) is 0.609. The summed E-state index contributed by atoms with van der Waals surface area (Å²) in [6.07, 6.45) is 0. The Balaban J connectivity index is 1.73. The number of hydrogen-bond acceptors (Lipinski definition) is 5. The zero-order valence-electron chi connectivity index (χ0n) is 14.9. The van der Waals surface area contributed by atoms with Gasteiger partial charge in [-0.1, -0.05) is 23.8 Å². The second-order valence-electron chi connectivity index (χ2n) is 6.51. The fraction of sp³-hybridized carbons (Fsp3) is 0.158. The SMILES string of the molecule is Cc1ccc(-n2nc3c(c2NC(=O)c2cccc([N+](=O)[O-])c2)C[S@@](=O)C3)cc1. The Labute approximate surface area is 162 Å². The number of amides is 1. The number of nitrogens with one attached hydrogen (secondary N) is 1. The van der Waals surface area contributed by atoms with Crippen molar-refractivity contribution in [1.29, 1.82) is 0 Å². The lowest BCUT2D eigenvalue weighted by molar-refractivity contribution is -0.384. The first-order valence-electron chi connectivity index (χ1n) is 8.51. The monoisotopic (exact) mass is 396 g/mol. The number of rotatable bonds is 4. The minimum atomic E-state index is -1.05. The molecule has 9 heteroatoms. The predicted molar refractivity (Wildman–Crippen MR) is 105 cm³/mol. The highest BCUT2D eigenvalue weighted by Gasteiger charge is 2.28. The average molecular weight is 396 g/mol. The molecule has 28 heavy (non-hydrogen) atoms. The van der Waals surface area contributed by atoms with Gasteiger partial charge in [-0.25, -0.2) is 4.68 Å². The van der Waals surface area contributed by atoms with E-state index in [4.69, 9.17) is 0 Å². The molecule has 8 nitrogen and oxygen atoms in total. The van der Waals surface area contributed by atoms with Gasteiger partial charge in [0.2, 0.25) is 0 Å². The van der Waals surface area contributed by atoms with Crippen molar-refractivity contribution in [2.45, 2.75) is 18.4 Å². The van der Waals surface area contributed by atoms with Crippen molar-refractivity contribution >= 4 is 28.2 Å². The minimum absolute atomic E-state index is 0.161. The van der Waals surface area contributed by atoms with Gasteiger partial charge in [0.05, 0.1) is 27.8 Å². The van der Waals surface area contributed by atoms with Gasteiger partial charge in [0.15, 0.2) is 0 Å². The van der Waals surface area contributed by atoms with Crippen LogP contribution in [0, 0.1) is 17.0 Å². The number of nitro benzene ring substituents is 1. The van der Waals surface area contributed by atoms with Gasteiger partial charge in [-0.05, 0) is 25.1 Å². The molecule has 3 aromatic rings. The lowest BCUT2D eigenvalue weighted by atomic mass is 10.2. The molecule has 1 atom stereocenters. The second kappa shape index (κ2) is 7.01. The Hall–Kier alpha value is -3.33. The molecule has 0 bridgehead atoms. The molecule has 1 aliphatic heterocycles. The van der Waals surface area contributed by atoms with Crippen molar-refractivity contribution in [3.8, 4) is 5.69 Å². The van der Waals surface area contributed by atoms with Crippen molar-refractivity contribution in [2.24, 2.45) is 0 Å². The molecule has 0 unspecified atom stereocenters. The van der Waals surface area contributed by atoms with E-state index in [-0.39, 0.29) is 11.3 Å². The number of nitro groups is 1. The first kappa shape index (κ1) is 18.1. The molecule has 142 valence electrons. The number of carbonyl (C=O) groups excluding carboxylic acids is 1. The van der Waals surface area contributed by atoms with Crippen LogP contribution in [0.1, 0.15) is 27.2 Å². The van der Waals surface area contributed by atoms with Crippen molar-refractivity contribution in [3.05, 3.63) is 81.0 Å². The molecular formula is C19H16N4O4S. The van der Waals surface area contributed by atoms with E-state index in [1.807, 2.05) is 31.2 Å². The van der Waals surface area contributed by atoms with Gasteiger partial charge >= 0.3 is 0 Å². The van der Waals surface area contributed by atoms with E-state index in [9.17, 15) is 19.1 Å². The highest BCUT2D eigenvalue weighted by atomic mass is 32.2.